The highest BCUT2D eigenvalue weighted by Crippen LogP contribution is 2.42. The van der Waals surface area contributed by atoms with Crippen LogP contribution in [0.4, 0.5) is 0 Å². The Hall–Kier alpha value is -1.47. The summed E-state index contributed by atoms with van der Waals surface area (Å²) in [5.41, 5.74) is 0. The van der Waals surface area contributed by atoms with Crippen LogP contribution in [0.3, 0.4) is 0 Å². The van der Waals surface area contributed by atoms with E-state index in [1.807, 2.05) is 0 Å². The molecule has 49 heavy (non-hydrogen) atoms. The Kier molecular flexibility index (Phi) is 35.2. The van der Waals surface area contributed by atoms with Crippen molar-refractivity contribution in [2.24, 2.45) is 0 Å². The van der Waals surface area contributed by atoms with E-state index < -0.39 is 26.5 Å². The standard InChI is InChI=1S/C40H75O8P/c1-4-6-8-10-12-14-16-18-20-22-24-26-28-30-32-34-39(41)46-36-38(37-47-49(43,44)45-3)48-40(42)35-33-31-29-27-25-23-21-19-17-15-13-11-9-7-5-2/h18-21,38H,4-17,22-37H2,1-3H3,(H,43,44). The fourth-order valence-corrected chi connectivity index (χ4v) is 5.99. The summed E-state index contributed by atoms with van der Waals surface area (Å²) in [5.74, 6) is -0.820. The van der Waals surface area contributed by atoms with Gasteiger partial charge >= 0.3 is 19.8 Å². The van der Waals surface area contributed by atoms with Crippen LogP contribution in [0.25, 0.3) is 0 Å². The summed E-state index contributed by atoms with van der Waals surface area (Å²) in [6.07, 6.45) is 39.4. The maximum Gasteiger partial charge on any atom is 0.472 e. The van der Waals surface area contributed by atoms with Crippen LogP contribution in [-0.4, -0.2) is 43.3 Å². The van der Waals surface area contributed by atoms with Gasteiger partial charge in [-0.05, 0) is 64.2 Å². The highest BCUT2D eigenvalue weighted by molar-refractivity contribution is 7.47. The maximum absolute atomic E-state index is 12.5. The second-order valence-electron chi connectivity index (χ2n) is 13.4. The first-order chi connectivity index (χ1) is 23.8. The number of rotatable bonds is 37. The average Bonchev–Trinajstić information content (AvgIpc) is 3.09. The number of phosphoric acid groups is 1. The topological polar surface area (TPSA) is 108 Å². The zero-order chi connectivity index (χ0) is 36.1. The van der Waals surface area contributed by atoms with E-state index in [4.69, 9.17) is 14.0 Å². The summed E-state index contributed by atoms with van der Waals surface area (Å²) < 4.78 is 31.9. The lowest BCUT2D eigenvalue weighted by molar-refractivity contribution is -0.161. The van der Waals surface area contributed by atoms with Crippen molar-refractivity contribution in [3.8, 4) is 0 Å². The Balaban J connectivity index is 4.05. The molecule has 0 amide bonds. The second-order valence-corrected chi connectivity index (χ2v) is 15.0. The van der Waals surface area contributed by atoms with E-state index in [9.17, 15) is 19.0 Å². The van der Waals surface area contributed by atoms with Crippen LogP contribution in [0.5, 0.6) is 0 Å². The highest BCUT2D eigenvalue weighted by atomic mass is 31.2. The van der Waals surface area contributed by atoms with Gasteiger partial charge in [-0.2, -0.15) is 0 Å². The molecule has 0 spiro atoms. The molecule has 0 saturated carbocycles. The van der Waals surface area contributed by atoms with E-state index in [1.165, 1.54) is 89.9 Å². The molecule has 2 unspecified atom stereocenters. The van der Waals surface area contributed by atoms with Gasteiger partial charge in [-0.3, -0.25) is 18.6 Å². The van der Waals surface area contributed by atoms with E-state index >= 15 is 0 Å². The number of carbonyl (C=O) groups excluding carboxylic acids is 2. The number of allylic oxidation sites excluding steroid dienone is 4. The van der Waals surface area contributed by atoms with Crippen molar-refractivity contribution in [3.63, 3.8) is 0 Å². The van der Waals surface area contributed by atoms with Crippen LogP contribution >= 0.6 is 7.82 Å². The van der Waals surface area contributed by atoms with Crippen LogP contribution in [0, 0.1) is 0 Å². The Labute approximate surface area is 301 Å². The molecule has 9 heteroatoms. The fourth-order valence-electron chi connectivity index (χ4n) is 5.53. The zero-order valence-corrected chi connectivity index (χ0v) is 32.7. The predicted octanol–water partition coefficient (Wildman–Crippen LogP) is 12.3. The van der Waals surface area contributed by atoms with E-state index in [1.54, 1.807) is 0 Å². The molecule has 0 fully saturated rings. The summed E-state index contributed by atoms with van der Waals surface area (Å²) in [6, 6.07) is 0. The molecule has 0 radical (unpaired) electrons. The molecule has 0 aliphatic heterocycles. The molecule has 0 rings (SSSR count). The normalized spacial score (nSPS) is 13.6. The lowest BCUT2D eigenvalue weighted by Crippen LogP contribution is -2.29. The van der Waals surface area contributed by atoms with Gasteiger partial charge in [-0.15, -0.1) is 0 Å². The average molecular weight is 715 g/mol. The summed E-state index contributed by atoms with van der Waals surface area (Å²) >= 11 is 0. The van der Waals surface area contributed by atoms with Gasteiger partial charge in [0.2, 0.25) is 0 Å². The molecule has 288 valence electrons. The minimum Gasteiger partial charge on any atom is -0.462 e. The summed E-state index contributed by atoms with van der Waals surface area (Å²) in [6.45, 7) is 3.86. The Morgan fingerprint density at radius 3 is 1.33 bits per heavy atom. The molecule has 0 bridgehead atoms. The van der Waals surface area contributed by atoms with Crippen LogP contribution < -0.4 is 0 Å². The number of unbranched alkanes of at least 4 members (excludes halogenated alkanes) is 22. The van der Waals surface area contributed by atoms with Crippen LogP contribution in [0.2, 0.25) is 0 Å². The predicted molar refractivity (Wildman–Crippen MR) is 203 cm³/mol. The first-order valence-electron chi connectivity index (χ1n) is 20.0. The van der Waals surface area contributed by atoms with Gasteiger partial charge in [0.15, 0.2) is 6.10 Å². The van der Waals surface area contributed by atoms with Crippen molar-refractivity contribution in [1.82, 2.24) is 0 Å². The van der Waals surface area contributed by atoms with E-state index in [2.05, 4.69) is 42.7 Å². The van der Waals surface area contributed by atoms with Crippen molar-refractivity contribution >= 4 is 19.8 Å². The van der Waals surface area contributed by atoms with Crippen LogP contribution in [0.15, 0.2) is 24.3 Å². The van der Waals surface area contributed by atoms with Crippen molar-refractivity contribution in [1.29, 1.82) is 0 Å². The van der Waals surface area contributed by atoms with Crippen molar-refractivity contribution in [2.75, 3.05) is 20.3 Å². The SMILES string of the molecule is CCCCCCCCC=CCCCCCCCC(=O)OCC(COP(=O)(O)OC)OC(=O)CCCCCCCC=CCCCCCCCC. The first-order valence-corrected chi connectivity index (χ1v) is 21.5. The molecule has 0 aliphatic rings. The molecule has 0 aliphatic carbocycles. The lowest BCUT2D eigenvalue weighted by Gasteiger charge is -2.19. The molecule has 2 atom stereocenters. The Bertz CT molecular complexity index is 859. The van der Waals surface area contributed by atoms with Gasteiger partial charge in [0.25, 0.3) is 0 Å². The number of hydrogen-bond acceptors (Lipinski definition) is 7. The molecule has 1 N–H and O–H groups in total. The van der Waals surface area contributed by atoms with Crippen LogP contribution in [-0.2, 0) is 32.7 Å². The Morgan fingerprint density at radius 2 is 0.918 bits per heavy atom. The highest BCUT2D eigenvalue weighted by Gasteiger charge is 2.24. The Morgan fingerprint density at radius 1 is 0.551 bits per heavy atom. The molecule has 0 aromatic rings. The van der Waals surface area contributed by atoms with Gasteiger partial charge in [0, 0.05) is 20.0 Å². The largest absolute Gasteiger partial charge is 0.472 e. The number of phosphoric ester groups is 1. The summed E-state index contributed by atoms with van der Waals surface area (Å²) in [5, 5.41) is 0. The number of carbonyl (C=O) groups is 2. The fraction of sp³-hybridized carbons (Fsp3) is 0.850. The van der Waals surface area contributed by atoms with E-state index in [0.29, 0.717) is 6.42 Å². The van der Waals surface area contributed by atoms with E-state index in [-0.39, 0.29) is 25.4 Å². The van der Waals surface area contributed by atoms with Gasteiger partial charge in [-0.1, -0.05) is 141 Å². The molecular formula is C40H75O8P. The second kappa shape index (κ2) is 36.3. The smallest absolute Gasteiger partial charge is 0.462 e. The summed E-state index contributed by atoms with van der Waals surface area (Å²) in [4.78, 5) is 34.4. The summed E-state index contributed by atoms with van der Waals surface area (Å²) in [7, 11) is -3.20. The van der Waals surface area contributed by atoms with Gasteiger partial charge in [0.1, 0.15) is 6.61 Å². The minimum absolute atomic E-state index is 0.230. The first kappa shape index (κ1) is 47.5. The molecule has 8 nitrogen and oxygen atoms in total. The third kappa shape index (κ3) is 36.1. The monoisotopic (exact) mass is 715 g/mol. The van der Waals surface area contributed by atoms with E-state index in [0.717, 1.165) is 77.7 Å². The van der Waals surface area contributed by atoms with Gasteiger partial charge in [-0.25, -0.2) is 4.57 Å². The third-order valence-corrected chi connectivity index (χ3v) is 9.60. The van der Waals surface area contributed by atoms with Crippen molar-refractivity contribution < 1.29 is 37.6 Å². The number of esters is 2. The molecule has 0 heterocycles. The maximum atomic E-state index is 12.5. The zero-order valence-electron chi connectivity index (χ0n) is 31.9. The number of ether oxygens (including phenoxy) is 2. The van der Waals surface area contributed by atoms with Gasteiger partial charge < -0.3 is 14.4 Å². The van der Waals surface area contributed by atoms with Crippen molar-refractivity contribution in [2.45, 2.75) is 200 Å². The quantitative estimate of drug-likeness (QED) is 0.0293. The number of hydrogen-bond donors (Lipinski definition) is 1. The molecular weight excluding hydrogens is 639 g/mol. The van der Waals surface area contributed by atoms with Crippen LogP contribution in [0.1, 0.15) is 194 Å². The molecule has 0 aromatic heterocycles. The third-order valence-electron chi connectivity index (χ3n) is 8.67. The van der Waals surface area contributed by atoms with Crippen molar-refractivity contribution in [3.05, 3.63) is 24.3 Å². The molecule has 0 aromatic carbocycles. The minimum atomic E-state index is -4.26. The molecule has 0 saturated heterocycles. The lowest BCUT2D eigenvalue weighted by atomic mass is 10.1. The van der Waals surface area contributed by atoms with Gasteiger partial charge in [0.05, 0.1) is 6.61 Å².